The van der Waals surface area contributed by atoms with E-state index in [1.807, 2.05) is 78.5 Å². The summed E-state index contributed by atoms with van der Waals surface area (Å²) in [6, 6.07) is 27.1. The largest absolute Gasteiger partial charge is 1.00 e. The number of rotatable bonds is 12. The second kappa shape index (κ2) is 17.8. The number of hydrogen-bond donors (Lipinski definition) is 2. The number of ketones is 1. The molecule has 2 aliphatic heterocycles. The Hall–Kier alpha value is -5.05. The first kappa shape index (κ1) is 42.6. The maximum atomic E-state index is 14.7. The Bertz CT molecular complexity index is 2380. The van der Waals surface area contributed by atoms with Crippen LogP contribution in [0.3, 0.4) is 0 Å². The molecule has 58 heavy (non-hydrogen) atoms. The molecule has 2 aliphatic rings. The van der Waals surface area contributed by atoms with Crippen molar-refractivity contribution in [1.29, 1.82) is 0 Å². The van der Waals surface area contributed by atoms with Gasteiger partial charge in [-0.15, -0.1) is 6.58 Å². The van der Waals surface area contributed by atoms with Gasteiger partial charge < -0.3 is 34.0 Å². The van der Waals surface area contributed by atoms with Gasteiger partial charge in [-0.25, -0.2) is 14.8 Å². The van der Waals surface area contributed by atoms with Crippen LogP contribution >= 0.6 is 7.82 Å². The minimum atomic E-state index is -5.05. The second-order valence-corrected chi connectivity index (χ2v) is 15.3. The molecule has 7 rings (SSSR count). The van der Waals surface area contributed by atoms with Crippen molar-refractivity contribution in [3.05, 3.63) is 138 Å². The van der Waals surface area contributed by atoms with Gasteiger partial charge >= 0.3 is 43.4 Å². The molecule has 1 unspecified atom stereocenters. The number of carbonyl (C=O) groups is 4. The zero-order chi connectivity index (χ0) is 40.4. The van der Waals surface area contributed by atoms with Gasteiger partial charge in [-0.05, 0) is 41.3 Å². The summed E-state index contributed by atoms with van der Waals surface area (Å²) < 4.78 is 17.9. The van der Waals surface area contributed by atoms with Gasteiger partial charge in [0.1, 0.15) is 18.0 Å². The van der Waals surface area contributed by atoms with Crippen molar-refractivity contribution in [3.8, 4) is 16.9 Å². The number of benzene rings is 4. The summed E-state index contributed by atoms with van der Waals surface area (Å²) in [5, 5.41) is 7.09. The normalized spacial score (nSPS) is 18.0. The quantitative estimate of drug-likeness (QED) is 0.0824. The first-order chi connectivity index (χ1) is 27.3. The summed E-state index contributed by atoms with van der Waals surface area (Å²) in [5.74, 6) is -0.807. The maximum absolute atomic E-state index is 14.7. The number of phosphoric acid groups is 1. The molecule has 16 heteroatoms. The molecule has 294 valence electrons. The minimum Gasteiger partial charge on any atom is -0.746 e. The zero-order valence-corrected chi connectivity index (χ0v) is 35.4. The number of nitrogens with one attached hydrogen (secondary N) is 1. The van der Waals surface area contributed by atoms with Crippen molar-refractivity contribution in [2.75, 3.05) is 19.6 Å². The maximum Gasteiger partial charge on any atom is 1.00 e. The van der Waals surface area contributed by atoms with E-state index >= 15 is 0 Å². The number of piperazine rings is 1. The molecule has 4 amide bonds. The molecule has 1 aromatic heterocycles. The van der Waals surface area contributed by atoms with E-state index < -0.39 is 26.1 Å². The van der Waals surface area contributed by atoms with Crippen LogP contribution in [0, 0.1) is 0 Å². The number of aromatic nitrogens is 1. The van der Waals surface area contributed by atoms with Crippen molar-refractivity contribution in [1.82, 2.24) is 29.7 Å². The van der Waals surface area contributed by atoms with E-state index in [0.29, 0.717) is 11.1 Å². The van der Waals surface area contributed by atoms with Gasteiger partial charge in [0.2, 0.25) is 11.8 Å². The van der Waals surface area contributed by atoms with Crippen molar-refractivity contribution >= 4 is 42.4 Å². The average molecular weight is 813 g/mol. The van der Waals surface area contributed by atoms with Gasteiger partial charge in [0.15, 0.2) is 5.78 Å². The molecular weight excluding hydrogens is 770 g/mol. The van der Waals surface area contributed by atoms with Crippen LogP contribution in [0.15, 0.2) is 116 Å². The molecule has 5 aromatic rings. The molecule has 3 atom stereocenters. The summed E-state index contributed by atoms with van der Waals surface area (Å²) in [7, 11) is -3.11. The van der Waals surface area contributed by atoms with Gasteiger partial charge in [-0.2, -0.15) is 0 Å². The van der Waals surface area contributed by atoms with Crippen LogP contribution in [0.4, 0.5) is 4.79 Å². The molecule has 0 spiro atoms. The Kier molecular flexibility index (Phi) is 13.1. The first-order valence-corrected chi connectivity index (χ1v) is 19.9. The SMILES string of the molecule is C=CCN1CC(=O)N2[C@@H](Cc3ccc(OP(=O)([O-])O)cc3)C(=O)N(Cc3cccc4c(-c5ccc(C(C)=O)cc5)cn(C)c34)C[C@@H]2N1C(=O)NCc1ccccc1.[Na+]. The smallest absolute Gasteiger partial charge is 0.746 e. The Morgan fingerprint density at radius 2 is 1.69 bits per heavy atom. The summed E-state index contributed by atoms with van der Waals surface area (Å²) >= 11 is 0. The number of amides is 4. The van der Waals surface area contributed by atoms with E-state index in [0.717, 1.165) is 33.2 Å². The van der Waals surface area contributed by atoms with E-state index in [4.69, 9.17) is 0 Å². The fourth-order valence-electron chi connectivity index (χ4n) is 7.74. The average Bonchev–Trinajstić information content (AvgIpc) is 3.53. The van der Waals surface area contributed by atoms with Crippen molar-refractivity contribution in [2.24, 2.45) is 7.05 Å². The van der Waals surface area contributed by atoms with Gasteiger partial charge in [0.05, 0.1) is 18.6 Å². The summed E-state index contributed by atoms with van der Waals surface area (Å²) in [6.07, 6.45) is 2.78. The van der Waals surface area contributed by atoms with Crippen LogP contribution in [-0.4, -0.2) is 84.7 Å². The minimum absolute atomic E-state index is 0. The fourth-order valence-corrected chi connectivity index (χ4v) is 8.13. The Morgan fingerprint density at radius 1 is 0.983 bits per heavy atom. The van der Waals surface area contributed by atoms with Crippen molar-refractivity contribution < 1.29 is 67.6 Å². The van der Waals surface area contributed by atoms with E-state index in [1.165, 1.54) is 29.0 Å². The third-order valence-electron chi connectivity index (χ3n) is 10.3. The standard InChI is InChI=1S/C42H43N6O8P.Na/c1-4-21-46-27-39(50)47-37(22-29-13-19-34(20-14-29)56-57(53,54)55)41(51)45(26-38(47)48(46)42(52)43-23-30-9-6-5-7-10-30)24-33-11-8-12-35-36(25-44(3)40(33)35)32-17-15-31(16-18-32)28(2)49;/h4-20,25,37-38H,1,21-24,26-27H2,2-3H3,(H,43,52)(H2,53,54,55);/q;+1/p-1/t37-,38-;/m0./s1. The Labute approximate surface area is 358 Å². The van der Waals surface area contributed by atoms with Crippen LogP contribution in [-0.2, 0) is 40.7 Å². The number of carbonyl (C=O) groups excluding carboxylic acids is 4. The molecule has 4 aromatic carbocycles. The predicted octanol–water partition coefficient (Wildman–Crippen LogP) is 1.63. The third-order valence-corrected chi connectivity index (χ3v) is 10.7. The van der Waals surface area contributed by atoms with Crippen LogP contribution < -0.4 is 44.3 Å². The predicted molar refractivity (Wildman–Crippen MR) is 211 cm³/mol. The topological polar surface area (TPSA) is 168 Å². The monoisotopic (exact) mass is 812 g/mol. The van der Waals surface area contributed by atoms with Crippen LogP contribution in [0.25, 0.3) is 22.0 Å². The number of aryl methyl sites for hydroxylation is 1. The number of phosphoric ester groups is 1. The molecule has 2 N–H and O–H groups in total. The number of hydrazine groups is 1. The third kappa shape index (κ3) is 9.14. The number of nitrogens with zero attached hydrogens (tertiary/aromatic N) is 5. The summed E-state index contributed by atoms with van der Waals surface area (Å²) in [6.45, 7) is 5.81. The van der Waals surface area contributed by atoms with E-state index in [-0.39, 0.29) is 92.0 Å². The number of Topliss-reactive ketones (excluding diaryl/α,β-unsaturated/α-hetero) is 1. The van der Waals surface area contributed by atoms with Gasteiger partial charge in [-0.3, -0.25) is 18.9 Å². The van der Waals surface area contributed by atoms with Crippen LogP contribution in [0.5, 0.6) is 5.75 Å². The first-order valence-electron chi connectivity index (χ1n) is 18.4. The van der Waals surface area contributed by atoms with Gasteiger partial charge in [0, 0.05) is 55.8 Å². The molecule has 2 fully saturated rings. The second-order valence-electron chi connectivity index (χ2n) is 14.1. The molecular formula is C42H42N6NaO8P. The van der Waals surface area contributed by atoms with E-state index in [2.05, 4.69) is 16.4 Å². The van der Waals surface area contributed by atoms with E-state index in [1.54, 1.807) is 40.3 Å². The zero-order valence-electron chi connectivity index (χ0n) is 32.5. The van der Waals surface area contributed by atoms with Crippen molar-refractivity contribution in [3.63, 3.8) is 0 Å². The van der Waals surface area contributed by atoms with Gasteiger partial charge in [-0.1, -0.05) is 91.0 Å². The molecule has 2 saturated heterocycles. The van der Waals surface area contributed by atoms with E-state index in [9.17, 15) is 33.5 Å². The number of urea groups is 1. The van der Waals surface area contributed by atoms with Gasteiger partial charge in [0.25, 0.3) is 0 Å². The Morgan fingerprint density at radius 3 is 2.34 bits per heavy atom. The Balaban J connectivity index is 0.00000567. The molecule has 0 saturated carbocycles. The molecule has 0 bridgehead atoms. The summed E-state index contributed by atoms with van der Waals surface area (Å²) in [4.78, 5) is 78.6. The number of fused-ring (bicyclic) bond motifs is 2. The molecule has 0 radical (unpaired) electrons. The fraction of sp³-hybridized carbons (Fsp3) is 0.238. The summed E-state index contributed by atoms with van der Waals surface area (Å²) in [5.41, 5.74) is 5.73. The molecule has 0 aliphatic carbocycles. The number of para-hydroxylation sites is 1. The van der Waals surface area contributed by atoms with Crippen molar-refractivity contribution in [2.45, 2.75) is 38.6 Å². The molecule has 3 heterocycles. The van der Waals surface area contributed by atoms with Crippen LogP contribution in [0.2, 0.25) is 0 Å². The molecule has 14 nitrogen and oxygen atoms in total. The van der Waals surface area contributed by atoms with Crippen LogP contribution in [0.1, 0.15) is 34.0 Å². The number of hydrogen-bond acceptors (Lipinski definition) is 8.